The topological polar surface area (TPSA) is 150 Å². The molecule has 0 aliphatic carbocycles. The number of ether oxygens (including phenoxy) is 1. The van der Waals surface area contributed by atoms with E-state index in [2.05, 4.69) is 30.9 Å². The number of hydrogen-bond acceptors (Lipinski definition) is 8. The van der Waals surface area contributed by atoms with E-state index in [0.29, 0.717) is 36.2 Å². The minimum absolute atomic E-state index is 0.0254. The lowest BCUT2D eigenvalue weighted by Gasteiger charge is -2.36. The van der Waals surface area contributed by atoms with Crippen molar-refractivity contribution in [2.24, 2.45) is 0 Å². The van der Waals surface area contributed by atoms with Gasteiger partial charge in [0.05, 0.1) is 11.9 Å². The van der Waals surface area contributed by atoms with E-state index in [0.717, 1.165) is 18.4 Å². The molecule has 210 valence electrons. The minimum Gasteiger partial charge on any atom is -0.482 e. The zero-order valence-corrected chi connectivity index (χ0v) is 22.6. The molecule has 2 aliphatic rings. The zero-order valence-electron chi connectivity index (χ0n) is 22.6. The van der Waals surface area contributed by atoms with Gasteiger partial charge in [-0.3, -0.25) is 19.2 Å². The SMILES string of the molecule is C[C@H](NC(=O)c1cc(C(=O)NCc2ccc3c(c2)NC(=O)CO3)nc2ccnn12)C(=O)N1CCC(N(C)C)CC1. The molecule has 0 unspecified atom stereocenters. The highest BCUT2D eigenvalue weighted by atomic mass is 16.5. The van der Waals surface area contributed by atoms with E-state index in [1.165, 1.54) is 16.8 Å². The summed E-state index contributed by atoms with van der Waals surface area (Å²) < 4.78 is 6.69. The molecule has 3 N–H and O–H groups in total. The Morgan fingerprint density at radius 2 is 1.93 bits per heavy atom. The van der Waals surface area contributed by atoms with Gasteiger partial charge < -0.3 is 30.5 Å². The first kappa shape index (κ1) is 27.1. The van der Waals surface area contributed by atoms with E-state index >= 15 is 0 Å². The second-order valence-corrected chi connectivity index (χ2v) is 10.2. The fourth-order valence-electron chi connectivity index (χ4n) is 4.91. The molecule has 2 aromatic heterocycles. The summed E-state index contributed by atoms with van der Waals surface area (Å²) in [5, 5.41) is 12.4. The molecule has 4 heterocycles. The second-order valence-electron chi connectivity index (χ2n) is 10.2. The van der Waals surface area contributed by atoms with Crippen LogP contribution in [-0.4, -0.2) is 93.9 Å². The van der Waals surface area contributed by atoms with Crippen LogP contribution < -0.4 is 20.7 Å². The number of piperidine rings is 1. The lowest BCUT2D eigenvalue weighted by Crippen LogP contribution is -2.51. The third-order valence-electron chi connectivity index (χ3n) is 7.18. The largest absolute Gasteiger partial charge is 0.482 e. The van der Waals surface area contributed by atoms with Crippen molar-refractivity contribution in [1.82, 2.24) is 35.0 Å². The highest BCUT2D eigenvalue weighted by molar-refractivity contribution is 6.00. The van der Waals surface area contributed by atoms with Gasteiger partial charge in [0.2, 0.25) is 5.91 Å². The van der Waals surface area contributed by atoms with Crippen LogP contribution in [0.2, 0.25) is 0 Å². The van der Waals surface area contributed by atoms with Gasteiger partial charge in [-0.1, -0.05) is 6.07 Å². The molecule has 5 rings (SSSR count). The lowest BCUT2D eigenvalue weighted by atomic mass is 10.0. The Kier molecular flexibility index (Phi) is 7.65. The van der Waals surface area contributed by atoms with Crippen LogP contribution in [0.5, 0.6) is 5.75 Å². The number of fused-ring (bicyclic) bond motifs is 2. The summed E-state index contributed by atoms with van der Waals surface area (Å²) >= 11 is 0. The number of carbonyl (C=O) groups is 4. The number of nitrogens with one attached hydrogen (secondary N) is 3. The molecule has 13 nitrogen and oxygen atoms in total. The maximum atomic E-state index is 13.3. The molecule has 1 aromatic carbocycles. The minimum atomic E-state index is -0.757. The first-order valence-electron chi connectivity index (χ1n) is 13.1. The Morgan fingerprint density at radius 3 is 2.67 bits per heavy atom. The van der Waals surface area contributed by atoms with Gasteiger partial charge in [-0.05, 0) is 51.6 Å². The smallest absolute Gasteiger partial charge is 0.270 e. The first-order chi connectivity index (χ1) is 19.2. The van der Waals surface area contributed by atoms with Crippen LogP contribution in [0.25, 0.3) is 5.65 Å². The van der Waals surface area contributed by atoms with Crippen LogP contribution >= 0.6 is 0 Å². The number of anilines is 1. The molecule has 1 fully saturated rings. The first-order valence-corrected chi connectivity index (χ1v) is 13.1. The van der Waals surface area contributed by atoms with Gasteiger partial charge >= 0.3 is 0 Å². The van der Waals surface area contributed by atoms with Crippen molar-refractivity contribution in [3.63, 3.8) is 0 Å². The highest BCUT2D eigenvalue weighted by Gasteiger charge is 2.28. The van der Waals surface area contributed by atoms with Crippen molar-refractivity contribution in [2.45, 2.75) is 38.4 Å². The van der Waals surface area contributed by atoms with Crippen molar-refractivity contribution >= 4 is 35.0 Å². The molecule has 0 bridgehead atoms. The normalized spacial score (nSPS) is 16.2. The summed E-state index contributed by atoms with van der Waals surface area (Å²) in [6.45, 7) is 3.04. The van der Waals surface area contributed by atoms with Crippen molar-refractivity contribution < 1.29 is 23.9 Å². The van der Waals surface area contributed by atoms with Gasteiger partial charge in [-0.25, -0.2) is 9.50 Å². The summed E-state index contributed by atoms with van der Waals surface area (Å²) in [5.74, 6) is -0.879. The fraction of sp³-hybridized carbons (Fsp3) is 0.407. The Bertz CT molecular complexity index is 1460. The maximum absolute atomic E-state index is 13.3. The molecule has 0 radical (unpaired) electrons. The highest BCUT2D eigenvalue weighted by Crippen LogP contribution is 2.28. The summed E-state index contributed by atoms with van der Waals surface area (Å²) in [5.41, 5.74) is 1.70. The summed E-state index contributed by atoms with van der Waals surface area (Å²) in [6.07, 6.45) is 3.24. The molecule has 0 spiro atoms. The van der Waals surface area contributed by atoms with Crippen LogP contribution in [0, 0.1) is 0 Å². The van der Waals surface area contributed by atoms with Crippen LogP contribution in [0.15, 0.2) is 36.5 Å². The van der Waals surface area contributed by atoms with E-state index in [-0.39, 0.29) is 36.4 Å². The van der Waals surface area contributed by atoms with Gasteiger partial charge in [0.25, 0.3) is 17.7 Å². The molecule has 4 amide bonds. The Labute approximate surface area is 230 Å². The number of hydrogen-bond donors (Lipinski definition) is 3. The average Bonchev–Trinajstić information content (AvgIpc) is 3.43. The molecular weight excluding hydrogens is 516 g/mol. The molecule has 1 atom stereocenters. The second kappa shape index (κ2) is 11.3. The van der Waals surface area contributed by atoms with Gasteiger partial charge in [0.15, 0.2) is 12.3 Å². The quantitative estimate of drug-likeness (QED) is 0.390. The third kappa shape index (κ3) is 5.73. The van der Waals surface area contributed by atoms with Gasteiger partial charge in [-0.15, -0.1) is 0 Å². The number of benzene rings is 1. The molecule has 3 aromatic rings. The number of aromatic nitrogens is 3. The number of rotatable bonds is 7. The molecular formula is C27H32N8O5. The summed E-state index contributed by atoms with van der Waals surface area (Å²) in [4.78, 5) is 59.2. The number of amides is 4. The Hall–Kier alpha value is -4.52. The van der Waals surface area contributed by atoms with E-state index < -0.39 is 17.9 Å². The average molecular weight is 549 g/mol. The van der Waals surface area contributed by atoms with Gasteiger partial charge in [0, 0.05) is 37.8 Å². The van der Waals surface area contributed by atoms with E-state index in [9.17, 15) is 19.2 Å². The Balaban J connectivity index is 1.25. The molecule has 1 saturated heterocycles. The lowest BCUT2D eigenvalue weighted by molar-refractivity contribution is -0.134. The summed E-state index contributed by atoms with van der Waals surface area (Å²) in [6, 6.07) is 7.85. The van der Waals surface area contributed by atoms with Crippen LogP contribution in [0.1, 0.15) is 46.3 Å². The van der Waals surface area contributed by atoms with Crippen molar-refractivity contribution in [2.75, 3.05) is 39.1 Å². The van der Waals surface area contributed by atoms with Crippen LogP contribution in [0.4, 0.5) is 5.69 Å². The third-order valence-corrected chi connectivity index (χ3v) is 7.18. The van der Waals surface area contributed by atoms with Crippen molar-refractivity contribution in [3.8, 4) is 5.75 Å². The van der Waals surface area contributed by atoms with Crippen molar-refractivity contribution in [3.05, 3.63) is 53.5 Å². The van der Waals surface area contributed by atoms with Gasteiger partial charge in [0.1, 0.15) is 23.2 Å². The number of carbonyl (C=O) groups excluding carboxylic acids is 4. The number of nitrogens with zero attached hydrogens (tertiary/aromatic N) is 5. The van der Waals surface area contributed by atoms with E-state index in [1.807, 2.05) is 14.1 Å². The molecule has 0 saturated carbocycles. The molecule has 2 aliphatic heterocycles. The zero-order chi connectivity index (χ0) is 28.4. The fourth-order valence-corrected chi connectivity index (χ4v) is 4.91. The Morgan fingerprint density at radius 1 is 1.15 bits per heavy atom. The predicted octanol–water partition coefficient (Wildman–Crippen LogP) is 0.661. The van der Waals surface area contributed by atoms with Crippen LogP contribution in [0.3, 0.4) is 0 Å². The summed E-state index contributed by atoms with van der Waals surface area (Å²) in [7, 11) is 4.07. The predicted molar refractivity (Wildman–Crippen MR) is 145 cm³/mol. The van der Waals surface area contributed by atoms with E-state index in [1.54, 1.807) is 36.1 Å². The maximum Gasteiger partial charge on any atom is 0.270 e. The number of likely N-dealkylation sites (tertiary alicyclic amines) is 1. The van der Waals surface area contributed by atoms with Crippen molar-refractivity contribution in [1.29, 1.82) is 0 Å². The standard InChI is InChI=1S/C27H32N8O5/c1-16(27(39)34-10-7-18(8-11-34)33(2)3)30-26(38)21-13-20(31-23-6-9-29-35(21)23)25(37)28-14-17-4-5-22-19(12-17)32-24(36)15-40-22/h4-6,9,12-13,16,18H,7-8,10-11,14-15H2,1-3H3,(H,28,37)(H,30,38)(H,32,36)/t16-/m0/s1. The van der Waals surface area contributed by atoms with Gasteiger partial charge in [-0.2, -0.15) is 5.10 Å². The monoisotopic (exact) mass is 548 g/mol. The molecule has 40 heavy (non-hydrogen) atoms. The molecule has 13 heteroatoms. The van der Waals surface area contributed by atoms with E-state index in [4.69, 9.17) is 4.74 Å². The van der Waals surface area contributed by atoms with Crippen LogP contribution in [-0.2, 0) is 16.1 Å².